The molecule has 0 fully saturated rings. The van der Waals surface area contributed by atoms with E-state index in [-0.39, 0.29) is 24.1 Å². The van der Waals surface area contributed by atoms with Gasteiger partial charge in [0.15, 0.2) is 0 Å². The molecule has 0 saturated carbocycles. The van der Waals surface area contributed by atoms with Crippen molar-refractivity contribution < 1.29 is 9.18 Å². The zero-order valence-electron chi connectivity index (χ0n) is 13.1. The number of hydrogen-bond acceptors (Lipinski definition) is 4. The lowest BCUT2D eigenvalue weighted by atomic mass is 10.1. The maximum atomic E-state index is 13.5. The second kappa shape index (κ2) is 6.08. The molecule has 7 heteroatoms. The van der Waals surface area contributed by atoms with Crippen LogP contribution in [0.25, 0.3) is 10.9 Å². The van der Waals surface area contributed by atoms with E-state index >= 15 is 0 Å². The van der Waals surface area contributed by atoms with Crippen LogP contribution in [-0.2, 0) is 11.2 Å². The van der Waals surface area contributed by atoms with Gasteiger partial charge < -0.3 is 10.3 Å². The molecule has 0 saturated heterocycles. The van der Waals surface area contributed by atoms with Gasteiger partial charge in [-0.3, -0.25) is 4.79 Å². The van der Waals surface area contributed by atoms with Crippen molar-refractivity contribution >= 4 is 33.3 Å². The van der Waals surface area contributed by atoms with Crippen molar-refractivity contribution in [3.05, 3.63) is 40.3 Å². The first-order chi connectivity index (χ1) is 10.9. The maximum Gasteiger partial charge on any atom is 0.230 e. The van der Waals surface area contributed by atoms with Crippen LogP contribution in [0.4, 0.5) is 9.52 Å². The number of nitrogens with zero attached hydrogens (tertiary/aromatic N) is 2. The van der Waals surface area contributed by atoms with Gasteiger partial charge in [-0.15, -0.1) is 10.2 Å². The van der Waals surface area contributed by atoms with Crippen molar-refractivity contribution in [2.75, 3.05) is 5.32 Å². The van der Waals surface area contributed by atoms with Gasteiger partial charge in [-0.1, -0.05) is 25.2 Å². The lowest BCUT2D eigenvalue weighted by Gasteiger charge is -2.02. The quantitative estimate of drug-likeness (QED) is 0.764. The SMILES string of the molecule is Cc1[nH]c2ccc(F)cc2c1CC(=O)Nc1nnc(C(C)C)s1. The summed E-state index contributed by atoms with van der Waals surface area (Å²) >= 11 is 1.37. The summed E-state index contributed by atoms with van der Waals surface area (Å²) < 4.78 is 13.5. The second-order valence-corrected chi connectivity index (χ2v) is 6.75. The Hall–Kier alpha value is -2.28. The first kappa shape index (κ1) is 15.6. The number of aryl methyl sites for hydroxylation is 1. The summed E-state index contributed by atoms with van der Waals surface area (Å²) in [5.74, 6) is -0.231. The average Bonchev–Trinajstić information content (AvgIpc) is 3.05. The highest BCUT2D eigenvalue weighted by molar-refractivity contribution is 7.15. The highest BCUT2D eigenvalue weighted by Crippen LogP contribution is 2.25. The third-order valence-corrected chi connectivity index (χ3v) is 4.74. The van der Waals surface area contributed by atoms with Crippen LogP contribution in [0.5, 0.6) is 0 Å². The number of aromatic nitrogens is 3. The summed E-state index contributed by atoms with van der Waals surface area (Å²) in [7, 11) is 0. The standard InChI is InChI=1S/C16H17FN4OS/c1-8(2)15-20-21-16(23-15)19-14(22)7-11-9(3)18-13-5-4-10(17)6-12(11)13/h4-6,8,18H,7H2,1-3H3,(H,19,21,22). The molecule has 5 nitrogen and oxygen atoms in total. The molecule has 0 atom stereocenters. The monoisotopic (exact) mass is 332 g/mol. The first-order valence-corrected chi connectivity index (χ1v) is 8.15. The summed E-state index contributed by atoms with van der Waals surface area (Å²) in [5, 5.41) is 12.9. The lowest BCUT2D eigenvalue weighted by Crippen LogP contribution is -2.14. The van der Waals surface area contributed by atoms with E-state index in [1.54, 1.807) is 6.07 Å². The fourth-order valence-corrected chi connectivity index (χ4v) is 3.19. The number of halogens is 1. The molecule has 0 spiro atoms. The normalized spacial score (nSPS) is 11.3. The number of fused-ring (bicyclic) bond motifs is 1. The van der Waals surface area contributed by atoms with Crippen molar-refractivity contribution in [2.24, 2.45) is 0 Å². The number of H-pyrrole nitrogens is 1. The van der Waals surface area contributed by atoms with E-state index in [9.17, 15) is 9.18 Å². The van der Waals surface area contributed by atoms with Gasteiger partial charge in [-0.05, 0) is 30.7 Å². The van der Waals surface area contributed by atoms with Crippen LogP contribution in [-0.4, -0.2) is 21.1 Å². The van der Waals surface area contributed by atoms with Gasteiger partial charge in [0.05, 0.1) is 6.42 Å². The topological polar surface area (TPSA) is 70.7 Å². The molecule has 0 radical (unpaired) electrons. The maximum absolute atomic E-state index is 13.5. The Labute approximate surface area is 136 Å². The van der Waals surface area contributed by atoms with E-state index in [1.807, 2.05) is 20.8 Å². The van der Waals surface area contributed by atoms with E-state index in [4.69, 9.17) is 0 Å². The van der Waals surface area contributed by atoms with Gasteiger partial charge in [0, 0.05) is 22.5 Å². The molecule has 3 aromatic rings. The third kappa shape index (κ3) is 3.24. The summed E-state index contributed by atoms with van der Waals surface area (Å²) in [6.45, 7) is 5.92. The van der Waals surface area contributed by atoms with Gasteiger partial charge in [0.2, 0.25) is 11.0 Å². The van der Waals surface area contributed by atoms with Gasteiger partial charge in [-0.2, -0.15) is 0 Å². The summed E-state index contributed by atoms with van der Waals surface area (Å²) in [5.41, 5.74) is 2.48. The van der Waals surface area contributed by atoms with Gasteiger partial charge in [0.1, 0.15) is 10.8 Å². The average molecular weight is 332 g/mol. The number of carbonyl (C=O) groups is 1. The zero-order valence-corrected chi connectivity index (χ0v) is 13.9. The highest BCUT2D eigenvalue weighted by atomic mass is 32.1. The number of anilines is 1. The Morgan fingerprint density at radius 1 is 1.39 bits per heavy atom. The van der Waals surface area contributed by atoms with Crippen molar-refractivity contribution in [1.29, 1.82) is 0 Å². The lowest BCUT2D eigenvalue weighted by molar-refractivity contribution is -0.115. The smallest absolute Gasteiger partial charge is 0.230 e. The van der Waals surface area contributed by atoms with E-state index in [0.717, 1.165) is 27.2 Å². The molecule has 1 amide bonds. The van der Waals surface area contributed by atoms with E-state index < -0.39 is 0 Å². The molecule has 1 aromatic carbocycles. The predicted molar refractivity (Wildman–Crippen MR) is 89.3 cm³/mol. The molecule has 2 aromatic heterocycles. The molecule has 0 aliphatic carbocycles. The summed E-state index contributed by atoms with van der Waals surface area (Å²) in [6, 6.07) is 4.53. The molecule has 3 rings (SSSR count). The molecule has 23 heavy (non-hydrogen) atoms. The predicted octanol–water partition coefficient (Wildman–Crippen LogP) is 3.77. The van der Waals surface area contributed by atoms with Crippen LogP contribution >= 0.6 is 11.3 Å². The van der Waals surface area contributed by atoms with Crippen molar-refractivity contribution in [3.63, 3.8) is 0 Å². The molecule has 120 valence electrons. The minimum Gasteiger partial charge on any atom is -0.358 e. The number of hydrogen-bond donors (Lipinski definition) is 2. The summed E-state index contributed by atoms with van der Waals surface area (Å²) in [4.78, 5) is 15.4. The van der Waals surface area contributed by atoms with Crippen LogP contribution < -0.4 is 5.32 Å². The van der Waals surface area contributed by atoms with Crippen LogP contribution in [0.15, 0.2) is 18.2 Å². The molecule has 0 aliphatic heterocycles. The van der Waals surface area contributed by atoms with E-state index in [1.165, 1.54) is 23.5 Å². The van der Waals surface area contributed by atoms with Crippen LogP contribution in [0.3, 0.4) is 0 Å². The molecule has 2 N–H and O–H groups in total. The van der Waals surface area contributed by atoms with Crippen molar-refractivity contribution in [2.45, 2.75) is 33.1 Å². The Morgan fingerprint density at radius 3 is 2.87 bits per heavy atom. The minimum absolute atomic E-state index is 0.159. The Balaban J connectivity index is 1.79. The number of nitrogens with one attached hydrogen (secondary N) is 2. The number of rotatable bonds is 4. The Kier molecular flexibility index (Phi) is 4.12. The highest BCUT2D eigenvalue weighted by Gasteiger charge is 2.15. The Bertz CT molecular complexity index is 868. The molecule has 2 heterocycles. The van der Waals surface area contributed by atoms with Crippen LogP contribution in [0.2, 0.25) is 0 Å². The molecular weight excluding hydrogens is 315 g/mol. The van der Waals surface area contributed by atoms with Crippen molar-refractivity contribution in [3.8, 4) is 0 Å². The van der Waals surface area contributed by atoms with E-state index in [2.05, 4.69) is 20.5 Å². The molecule has 0 unspecified atom stereocenters. The van der Waals surface area contributed by atoms with Gasteiger partial charge >= 0.3 is 0 Å². The third-order valence-electron chi connectivity index (χ3n) is 3.60. The first-order valence-electron chi connectivity index (χ1n) is 7.34. The van der Waals surface area contributed by atoms with Crippen LogP contribution in [0, 0.1) is 12.7 Å². The minimum atomic E-state index is -0.316. The fourth-order valence-electron chi connectivity index (χ4n) is 2.42. The number of amides is 1. The molecule has 0 aliphatic rings. The largest absolute Gasteiger partial charge is 0.358 e. The fraction of sp³-hybridized carbons (Fsp3) is 0.312. The molecule has 0 bridgehead atoms. The second-order valence-electron chi connectivity index (χ2n) is 5.74. The number of benzene rings is 1. The van der Waals surface area contributed by atoms with E-state index in [0.29, 0.717) is 5.13 Å². The van der Waals surface area contributed by atoms with Crippen molar-refractivity contribution in [1.82, 2.24) is 15.2 Å². The van der Waals surface area contributed by atoms with Gasteiger partial charge in [0.25, 0.3) is 0 Å². The Morgan fingerprint density at radius 2 is 2.17 bits per heavy atom. The van der Waals surface area contributed by atoms with Gasteiger partial charge in [-0.25, -0.2) is 4.39 Å². The number of carbonyl (C=O) groups excluding carboxylic acids is 1. The summed E-state index contributed by atoms with van der Waals surface area (Å²) in [6.07, 6.45) is 0.159. The molecular formula is C16H17FN4OS. The van der Waals surface area contributed by atoms with Crippen LogP contribution in [0.1, 0.15) is 36.0 Å². The zero-order chi connectivity index (χ0) is 16.6. The number of aromatic amines is 1.